The van der Waals surface area contributed by atoms with Crippen LogP contribution in [0.15, 0.2) is 50.1 Å². The maximum Gasteiger partial charge on any atom is 0.325 e. The second-order valence-electron chi connectivity index (χ2n) is 6.68. The molecular weight excluding hydrogens is 472 g/mol. The zero-order valence-electron chi connectivity index (χ0n) is 16.0. The van der Waals surface area contributed by atoms with Gasteiger partial charge >= 0.3 is 17.4 Å². The van der Waals surface area contributed by atoms with E-state index >= 15 is 0 Å². The van der Waals surface area contributed by atoms with Gasteiger partial charge in [-0.2, -0.15) is 0 Å². The maximum absolute atomic E-state index is 13.1. The molecule has 3 heterocycles. The van der Waals surface area contributed by atoms with Crippen LogP contribution in [0.5, 0.6) is 0 Å². The van der Waals surface area contributed by atoms with Crippen LogP contribution in [0.25, 0.3) is 11.3 Å². The van der Waals surface area contributed by atoms with E-state index in [0.29, 0.717) is 22.1 Å². The van der Waals surface area contributed by atoms with Crippen LogP contribution >= 0.6 is 39.0 Å². The smallest absolute Gasteiger partial charge is 0.291 e. The largest absolute Gasteiger partial charge is 0.325 e. The number of amides is 1. The molecule has 1 amide bonds. The molecule has 1 N–H and O–H groups in total. The molecule has 4 rings (SSSR count). The van der Waals surface area contributed by atoms with Crippen molar-refractivity contribution in [3.05, 3.63) is 55.4 Å². The number of anilines is 1. The quantitative estimate of drug-likeness (QED) is 0.327. The second kappa shape index (κ2) is 8.41. The number of thioether (sulfide) groups is 1. The summed E-state index contributed by atoms with van der Waals surface area (Å²) in [6.45, 7) is 3.67. The average molecular weight is 492 g/mol. The van der Waals surface area contributed by atoms with Crippen molar-refractivity contribution in [2.75, 3.05) is 10.7 Å². The van der Waals surface area contributed by atoms with Gasteiger partial charge in [-0.15, -0.1) is 11.3 Å². The van der Waals surface area contributed by atoms with E-state index in [-0.39, 0.29) is 11.5 Å². The van der Waals surface area contributed by atoms with Gasteiger partial charge in [-0.1, -0.05) is 37.2 Å². The molecule has 1 aromatic carbocycles. The first kappa shape index (κ1) is 20.3. The van der Waals surface area contributed by atoms with Gasteiger partial charge in [-0.25, -0.2) is 4.90 Å². The Kier molecular flexibility index (Phi) is 5.89. The van der Waals surface area contributed by atoms with Gasteiger partial charge < -0.3 is 0 Å². The number of aromatic nitrogens is 3. The summed E-state index contributed by atoms with van der Waals surface area (Å²) in [4.78, 5) is 31.4. The predicted octanol–water partition coefficient (Wildman–Crippen LogP) is 4.35. The molecule has 0 bridgehead atoms. The van der Waals surface area contributed by atoms with Gasteiger partial charge in [0, 0.05) is 17.8 Å². The van der Waals surface area contributed by atoms with Crippen molar-refractivity contribution in [1.29, 1.82) is 0 Å². The van der Waals surface area contributed by atoms with Crippen molar-refractivity contribution in [3.63, 3.8) is 0 Å². The topological polar surface area (TPSA) is 69.9 Å². The highest BCUT2D eigenvalue weighted by atomic mass is 79.9. The van der Waals surface area contributed by atoms with Gasteiger partial charge in [-0.05, 0) is 51.3 Å². The number of hydrogen-bond acceptors (Lipinski definition) is 5. The SMILES string of the molecule is CCCCSc1n[n+]2c(c(=O)[nH]1)-c1ccccc1N(C(C)=O)C2c1ccc(Br)s1. The fourth-order valence-corrected chi connectivity index (χ4v) is 5.85. The lowest BCUT2D eigenvalue weighted by Crippen LogP contribution is -2.60. The number of hydrogen-bond donors (Lipinski definition) is 1. The van der Waals surface area contributed by atoms with Crippen LogP contribution < -0.4 is 15.1 Å². The van der Waals surface area contributed by atoms with Crippen LogP contribution in [0.2, 0.25) is 0 Å². The number of H-pyrrole nitrogens is 1. The third kappa shape index (κ3) is 3.78. The number of carbonyl (C=O) groups is 1. The number of benzene rings is 1. The fraction of sp³-hybridized carbons (Fsp3) is 0.300. The average Bonchev–Trinajstić information content (AvgIpc) is 3.12. The summed E-state index contributed by atoms with van der Waals surface area (Å²) in [7, 11) is 0. The second-order valence-corrected chi connectivity index (χ2v) is 10.3. The van der Waals surface area contributed by atoms with Crippen molar-refractivity contribution in [3.8, 4) is 11.3 Å². The minimum atomic E-state index is -0.512. The lowest BCUT2D eigenvalue weighted by atomic mass is 10.0. The molecule has 1 aliphatic rings. The molecule has 3 aromatic rings. The Bertz CT molecular complexity index is 1130. The number of rotatable bonds is 5. The van der Waals surface area contributed by atoms with E-state index in [1.54, 1.807) is 16.5 Å². The van der Waals surface area contributed by atoms with Crippen LogP contribution in [-0.4, -0.2) is 21.7 Å². The van der Waals surface area contributed by atoms with E-state index in [0.717, 1.165) is 27.3 Å². The minimum absolute atomic E-state index is 0.104. The van der Waals surface area contributed by atoms with Crippen molar-refractivity contribution in [2.24, 2.45) is 0 Å². The van der Waals surface area contributed by atoms with E-state index in [2.05, 4.69) is 27.8 Å². The molecule has 1 unspecified atom stereocenters. The first-order chi connectivity index (χ1) is 14.0. The first-order valence-corrected chi connectivity index (χ1v) is 11.9. The van der Waals surface area contributed by atoms with Gasteiger partial charge in [0.1, 0.15) is 0 Å². The van der Waals surface area contributed by atoms with Gasteiger partial charge in [0.15, 0.2) is 0 Å². The van der Waals surface area contributed by atoms with Crippen molar-refractivity contribution in [2.45, 2.75) is 38.0 Å². The summed E-state index contributed by atoms with van der Waals surface area (Å²) in [5.41, 5.74) is 1.68. The summed E-state index contributed by atoms with van der Waals surface area (Å²) in [5, 5.41) is 5.33. The van der Waals surface area contributed by atoms with Gasteiger partial charge in [0.05, 0.1) is 19.9 Å². The highest BCUT2D eigenvalue weighted by molar-refractivity contribution is 9.11. The Morgan fingerprint density at radius 1 is 1.34 bits per heavy atom. The Morgan fingerprint density at radius 2 is 2.14 bits per heavy atom. The number of aromatic amines is 1. The lowest BCUT2D eigenvalue weighted by Gasteiger charge is -2.30. The van der Waals surface area contributed by atoms with E-state index < -0.39 is 6.17 Å². The van der Waals surface area contributed by atoms with E-state index in [4.69, 9.17) is 5.10 Å². The molecule has 9 heteroatoms. The number of nitrogens with zero attached hydrogens (tertiary/aromatic N) is 3. The van der Waals surface area contributed by atoms with Crippen molar-refractivity contribution >= 4 is 50.6 Å². The molecule has 2 aromatic heterocycles. The molecule has 0 aliphatic carbocycles. The number of halogens is 1. The monoisotopic (exact) mass is 491 g/mol. The predicted molar refractivity (Wildman–Crippen MR) is 119 cm³/mol. The van der Waals surface area contributed by atoms with Crippen LogP contribution in [0.1, 0.15) is 37.7 Å². The van der Waals surface area contributed by atoms with Crippen LogP contribution in [0.3, 0.4) is 0 Å². The van der Waals surface area contributed by atoms with Crippen molar-refractivity contribution < 1.29 is 9.48 Å². The number of carbonyl (C=O) groups excluding carboxylic acids is 1. The highest BCUT2D eigenvalue weighted by Gasteiger charge is 2.45. The summed E-state index contributed by atoms with van der Waals surface area (Å²) >= 11 is 6.57. The Morgan fingerprint density at radius 3 is 2.83 bits per heavy atom. The molecule has 0 saturated carbocycles. The summed E-state index contributed by atoms with van der Waals surface area (Å²) in [5.74, 6) is 0.772. The van der Waals surface area contributed by atoms with E-state index in [9.17, 15) is 9.59 Å². The molecule has 0 radical (unpaired) electrons. The van der Waals surface area contributed by atoms with E-state index in [1.165, 1.54) is 23.1 Å². The van der Waals surface area contributed by atoms with Gasteiger partial charge in [0.2, 0.25) is 11.1 Å². The lowest BCUT2D eigenvalue weighted by molar-refractivity contribution is -0.762. The molecule has 1 atom stereocenters. The normalized spacial score (nSPS) is 15.1. The van der Waals surface area contributed by atoms with Gasteiger partial charge in [-0.3, -0.25) is 14.6 Å². The first-order valence-electron chi connectivity index (χ1n) is 9.34. The maximum atomic E-state index is 13.1. The minimum Gasteiger partial charge on any atom is -0.291 e. The fourth-order valence-electron chi connectivity index (χ4n) is 3.42. The third-order valence-electron chi connectivity index (χ3n) is 4.68. The molecule has 6 nitrogen and oxygen atoms in total. The summed E-state index contributed by atoms with van der Waals surface area (Å²) in [6, 6.07) is 11.4. The van der Waals surface area contributed by atoms with Crippen LogP contribution in [0.4, 0.5) is 5.69 Å². The molecule has 0 fully saturated rings. The van der Waals surface area contributed by atoms with Gasteiger partial charge in [0.25, 0.3) is 0 Å². The summed E-state index contributed by atoms with van der Waals surface area (Å²) < 4.78 is 2.66. The molecule has 1 aliphatic heterocycles. The van der Waals surface area contributed by atoms with Crippen molar-refractivity contribution in [1.82, 2.24) is 10.1 Å². The Balaban J connectivity index is 1.96. The Labute approximate surface area is 185 Å². The zero-order chi connectivity index (χ0) is 20.5. The van der Waals surface area contributed by atoms with Crippen LogP contribution in [0, 0.1) is 0 Å². The third-order valence-corrected chi connectivity index (χ3v) is 7.30. The number of nitrogens with one attached hydrogen (secondary N) is 1. The number of unbranched alkanes of at least 4 members (excludes halogenated alkanes) is 1. The highest BCUT2D eigenvalue weighted by Crippen LogP contribution is 2.39. The van der Waals surface area contributed by atoms with Crippen LogP contribution in [-0.2, 0) is 4.79 Å². The molecule has 0 spiro atoms. The molecular formula is C20H20BrN4O2S2+. The molecule has 0 saturated heterocycles. The van der Waals surface area contributed by atoms with E-state index in [1.807, 2.05) is 36.4 Å². The zero-order valence-corrected chi connectivity index (χ0v) is 19.2. The molecule has 29 heavy (non-hydrogen) atoms. The summed E-state index contributed by atoms with van der Waals surface area (Å²) in [6.07, 6.45) is 1.61. The number of thiophene rings is 1. The number of para-hydroxylation sites is 1. The Hall–Kier alpha value is -1.97. The molecule has 150 valence electrons. The standard InChI is InChI=1S/C20H19BrN4O2S2/c1-3-4-11-28-20-22-18(27)17-13-7-5-6-8-14(13)24(12(2)26)19(25(17)23-20)15-9-10-16(21)29-15/h5-10,19H,3-4,11H2,1-2H3/p+1. The number of fused-ring (bicyclic) bond motifs is 3.